The maximum Gasteiger partial charge on any atom is 0.339 e. The lowest BCUT2D eigenvalue weighted by atomic mass is 10.0. The smallest absolute Gasteiger partial charge is 0.339 e. The van der Waals surface area contributed by atoms with E-state index in [9.17, 15) is 9.59 Å². The van der Waals surface area contributed by atoms with E-state index >= 15 is 0 Å². The molecule has 0 aliphatic heterocycles. The van der Waals surface area contributed by atoms with E-state index in [2.05, 4.69) is 20.8 Å². The molecule has 1 unspecified atom stereocenters. The molecule has 4 nitrogen and oxygen atoms in total. The molecule has 0 saturated carbocycles. The van der Waals surface area contributed by atoms with Crippen molar-refractivity contribution in [2.75, 3.05) is 6.61 Å². The van der Waals surface area contributed by atoms with E-state index in [1.165, 1.54) is 51.4 Å². The minimum Gasteiger partial charge on any atom is -0.462 e. The highest BCUT2D eigenvalue weighted by molar-refractivity contribution is 6.03. The Hall–Kier alpha value is -1.84. The van der Waals surface area contributed by atoms with Crippen molar-refractivity contribution in [3.63, 3.8) is 0 Å². The Kier molecular flexibility index (Phi) is 16.5. The zero-order valence-corrected chi connectivity index (χ0v) is 20.8. The largest absolute Gasteiger partial charge is 0.462 e. The van der Waals surface area contributed by atoms with Crippen molar-refractivity contribution in [3.8, 4) is 0 Å². The number of carbonyl (C=O) groups excluding carboxylic acids is 2. The Labute approximate surface area is 196 Å². The third kappa shape index (κ3) is 12.3. The van der Waals surface area contributed by atoms with Gasteiger partial charge in [-0.3, -0.25) is 0 Å². The maximum atomic E-state index is 12.8. The van der Waals surface area contributed by atoms with Crippen molar-refractivity contribution in [1.29, 1.82) is 0 Å². The van der Waals surface area contributed by atoms with Crippen LogP contribution in [-0.4, -0.2) is 24.6 Å². The summed E-state index contributed by atoms with van der Waals surface area (Å²) in [6, 6.07) is 6.85. The van der Waals surface area contributed by atoms with E-state index in [0.717, 1.165) is 44.9 Å². The molecule has 0 amide bonds. The second-order valence-corrected chi connectivity index (χ2v) is 8.82. The van der Waals surface area contributed by atoms with Gasteiger partial charge in [-0.25, -0.2) is 9.59 Å². The van der Waals surface area contributed by atoms with Gasteiger partial charge in [0.15, 0.2) is 0 Å². The van der Waals surface area contributed by atoms with Gasteiger partial charge >= 0.3 is 11.9 Å². The van der Waals surface area contributed by atoms with Crippen LogP contribution in [0.15, 0.2) is 24.3 Å². The van der Waals surface area contributed by atoms with Crippen LogP contribution in [0.5, 0.6) is 0 Å². The zero-order valence-electron chi connectivity index (χ0n) is 20.8. The molecule has 0 aromatic heterocycles. The van der Waals surface area contributed by atoms with Gasteiger partial charge in [-0.2, -0.15) is 0 Å². The van der Waals surface area contributed by atoms with Crippen molar-refractivity contribution in [2.45, 2.75) is 123 Å². The summed E-state index contributed by atoms with van der Waals surface area (Å²) in [5, 5.41) is 0. The first-order valence-electron chi connectivity index (χ1n) is 13.1. The van der Waals surface area contributed by atoms with Crippen molar-refractivity contribution < 1.29 is 19.1 Å². The number of hydrogen-bond acceptors (Lipinski definition) is 4. The first-order valence-corrected chi connectivity index (χ1v) is 13.1. The van der Waals surface area contributed by atoms with Crippen molar-refractivity contribution >= 4 is 11.9 Å². The molecule has 32 heavy (non-hydrogen) atoms. The summed E-state index contributed by atoms with van der Waals surface area (Å²) in [7, 11) is 0. The molecule has 4 heteroatoms. The normalized spacial score (nSPS) is 11.8. The summed E-state index contributed by atoms with van der Waals surface area (Å²) in [5.41, 5.74) is 0.612. The standard InChI is InChI=1S/C28H46O4/c1-4-7-9-11-12-13-14-18-23-31-27(29)25-21-16-17-22-26(25)28(30)32-24(19-6-3)20-15-10-8-5-2/h16-17,21-22,24H,4-15,18-20,23H2,1-3H3. The van der Waals surface area contributed by atoms with E-state index in [4.69, 9.17) is 9.47 Å². The monoisotopic (exact) mass is 446 g/mol. The molecule has 1 aromatic carbocycles. The predicted molar refractivity (Wildman–Crippen MR) is 132 cm³/mol. The number of hydrogen-bond donors (Lipinski definition) is 0. The molecular formula is C28H46O4. The molecular weight excluding hydrogens is 400 g/mol. The molecule has 0 radical (unpaired) electrons. The molecule has 182 valence electrons. The van der Waals surface area contributed by atoms with Crippen molar-refractivity contribution in [1.82, 2.24) is 0 Å². The third-order valence-corrected chi connectivity index (χ3v) is 5.86. The Morgan fingerprint density at radius 2 is 1.19 bits per heavy atom. The van der Waals surface area contributed by atoms with Gasteiger partial charge < -0.3 is 9.47 Å². The minimum atomic E-state index is -0.435. The highest BCUT2D eigenvalue weighted by atomic mass is 16.5. The van der Waals surface area contributed by atoms with Crippen LogP contribution in [0.25, 0.3) is 0 Å². The second kappa shape index (κ2) is 18.7. The Morgan fingerprint density at radius 1 is 0.656 bits per heavy atom. The molecule has 0 saturated heterocycles. The first kappa shape index (κ1) is 28.2. The average Bonchev–Trinajstić information content (AvgIpc) is 2.80. The number of rotatable bonds is 19. The lowest BCUT2D eigenvalue weighted by Crippen LogP contribution is -2.21. The fraction of sp³-hybridized carbons (Fsp3) is 0.714. The quantitative estimate of drug-likeness (QED) is 0.158. The fourth-order valence-electron chi connectivity index (χ4n) is 3.92. The van der Waals surface area contributed by atoms with Gasteiger partial charge in [-0.15, -0.1) is 0 Å². The molecule has 0 N–H and O–H groups in total. The molecule has 1 atom stereocenters. The number of benzene rings is 1. The average molecular weight is 447 g/mol. The summed E-state index contributed by atoms with van der Waals surface area (Å²) >= 11 is 0. The maximum absolute atomic E-state index is 12.8. The molecule has 0 spiro atoms. The molecule has 0 fully saturated rings. The van der Waals surface area contributed by atoms with Gasteiger partial charge in [0.2, 0.25) is 0 Å². The molecule has 1 aromatic rings. The SMILES string of the molecule is CCCCCCCCCCOC(=O)c1ccccc1C(=O)OC(CCC)CCCCCC. The molecule has 1 rings (SSSR count). The lowest BCUT2D eigenvalue weighted by molar-refractivity contribution is 0.0244. The van der Waals surface area contributed by atoms with Gasteiger partial charge in [0.25, 0.3) is 0 Å². The second-order valence-electron chi connectivity index (χ2n) is 8.82. The van der Waals surface area contributed by atoms with Crippen molar-refractivity contribution in [2.24, 2.45) is 0 Å². The van der Waals surface area contributed by atoms with Gasteiger partial charge in [-0.05, 0) is 37.8 Å². The topological polar surface area (TPSA) is 52.6 Å². The van der Waals surface area contributed by atoms with Crippen LogP contribution in [0.2, 0.25) is 0 Å². The zero-order chi connectivity index (χ0) is 23.4. The van der Waals surface area contributed by atoms with Crippen LogP contribution in [0.3, 0.4) is 0 Å². The predicted octanol–water partition coefficient (Wildman–Crippen LogP) is 8.28. The molecule has 0 heterocycles. The van der Waals surface area contributed by atoms with Crippen LogP contribution in [0.1, 0.15) is 138 Å². The van der Waals surface area contributed by atoms with E-state index in [0.29, 0.717) is 17.7 Å². The highest BCUT2D eigenvalue weighted by Gasteiger charge is 2.21. The van der Waals surface area contributed by atoms with E-state index in [1.54, 1.807) is 24.3 Å². The van der Waals surface area contributed by atoms with Gasteiger partial charge in [-0.1, -0.05) is 104 Å². The summed E-state index contributed by atoms with van der Waals surface area (Å²) in [4.78, 5) is 25.4. The highest BCUT2D eigenvalue weighted by Crippen LogP contribution is 2.18. The van der Waals surface area contributed by atoms with Gasteiger partial charge in [0.05, 0.1) is 17.7 Å². The van der Waals surface area contributed by atoms with Gasteiger partial charge in [0.1, 0.15) is 6.10 Å². The number of unbranched alkanes of at least 4 members (excludes halogenated alkanes) is 10. The summed E-state index contributed by atoms with van der Waals surface area (Å²) < 4.78 is 11.3. The summed E-state index contributed by atoms with van der Waals surface area (Å²) in [5.74, 6) is -0.853. The van der Waals surface area contributed by atoms with E-state index in [1.807, 2.05) is 0 Å². The number of carbonyl (C=O) groups is 2. The summed E-state index contributed by atoms with van der Waals surface area (Å²) in [6.45, 7) is 6.91. The Bertz CT molecular complexity index is 626. The molecule has 0 aliphatic rings. The Morgan fingerprint density at radius 3 is 1.78 bits per heavy atom. The molecule has 0 bridgehead atoms. The number of esters is 2. The fourth-order valence-corrected chi connectivity index (χ4v) is 3.92. The minimum absolute atomic E-state index is 0.0919. The number of ether oxygens (including phenoxy) is 2. The van der Waals surface area contributed by atoms with Crippen LogP contribution in [-0.2, 0) is 9.47 Å². The molecule has 0 aliphatic carbocycles. The van der Waals surface area contributed by atoms with Crippen LogP contribution in [0, 0.1) is 0 Å². The van der Waals surface area contributed by atoms with E-state index < -0.39 is 11.9 Å². The van der Waals surface area contributed by atoms with Crippen LogP contribution < -0.4 is 0 Å². The van der Waals surface area contributed by atoms with Crippen molar-refractivity contribution in [3.05, 3.63) is 35.4 Å². The first-order chi connectivity index (χ1) is 15.6. The van der Waals surface area contributed by atoms with E-state index in [-0.39, 0.29) is 6.10 Å². The Balaban J connectivity index is 2.49. The third-order valence-electron chi connectivity index (χ3n) is 5.86. The lowest BCUT2D eigenvalue weighted by Gasteiger charge is -2.18. The summed E-state index contributed by atoms with van der Waals surface area (Å²) in [6.07, 6.45) is 16.8. The van der Waals surface area contributed by atoms with Crippen LogP contribution in [0.4, 0.5) is 0 Å². The van der Waals surface area contributed by atoms with Gasteiger partial charge in [0, 0.05) is 0 Å². The van der Waals surface area contributed by atoms with Crippen LogP contribution >= 0.6 is 0 Å².